The summed E-state index contributed by atoms with van der Waals surface area (Å²) in [7, 11) is 0. The van der Waals surface area contributed by atoms with Crippen LogP contribution >= 0.6 is 0 Å². The Kier molecular flexibility index (Phi) is 2.40. The van der Waals surface area contributed by atoms with Crippen molar-refractivity contribution in [3.05, 3.63) is 0 Å². The van der Waals surface area contributed by atoms with E-state index in [9.17, 15) is 4.79 Å². The van der Waals surface area contributed by atoms with Crippen molar-refractivity contribution in [2.24, 2.45) is 5.41 Å². The van der Waals surface area contributed by atoms with Gasteiger partial charge in [-0.15, -0.1) is 0 Å². The molecule has 0 aromatic carbocycles. The standard InChI is InChI=1S/C7H11O3/c8-4-7(5-9)2-1-3-10-6-7/h8H,1-4,6H2. The number of aliphatic hydroxyl groups excluding tert-OH is 1. The van der Waals surface area contributed by atoms with Gasteiger partial charge in [0, 0.05) is 6.61 Å². The lowest BCUT2D eigenvalue weighted by molar-refractivity contribution is -0.000515. The molecule has 1 rings (SSSR count). The summed E-state index contributed by atoms with van der Waals surface area (Å²) < 4.78 is 5.04. The van der Waals surface area contributed by atoms with Gasteiger partial charge in [-0.1, -0.05) is 0 Å². The molecule has 1 heterocycles. The van der Waals surface area contributed by atoms with Crippen molar-refractivity contribution in [3.63, 3.8) is 0 Å². The molecule has 1 N–H and O–H groups in total. The van der Waals surface area contributed by atoms with Crippen molar-refractivity contribution in [1.82, 2.24) is 0 Å². The summed E-state index contributed by atoms with van der Waals surface area (Å²) in [4.78, 5) is 10.3. The fraction of sp³-hybridized carbons (Fsp3) is 0.857. The van der Waals surface area contributed by atoms with Gasteiger partial charge in [-0.3, -0.25) is 4.79 Å². The maximum Gasteiger partial charge on any atom is 0.209 e. The van der Waals surface area contributed by atoms with Crippen molar-refractivity contribution in [1.29, 1.82) is 0 Å². The van der Waals surface area contributed by atoms with Crippen LogP contribution in [0.3, 0.4) is 0 Å². The Morgan fingerprint density at radius 2 is 2.50 bits per heavy atom. The number of carbonyl (C=O) groups excluding carboxylic acids is 1. The molecule has 57 valence electrons. The van der Waals surface area contributed by atoms with Crippen molar-refractivity contribution in [2.75, 3.05) is 19.8 Å². The molecule has 0 saturated carbocycles. The van der Waals surface area contributed by atoms with Gasteiger partial charge in [0.2, 0.25) is 6.29 Å². The molecule has 3 heteroatoms. The Balaban J connectivity index is 2.52. The van der Waals surface area contributed by atoms with Crippen LogP contribution in [0.1, 0.15) is 12.8 Å². The van der Waals surface area contributed by atoms with E-state index in [0.717, 1.165) is 6.42 Å². The molecular formula is C7H11O3. The van der Waals surface area contributed by atoms with Crippen LogP contribution in [-0.2, 0) is 9.53 Å². The molecule has 0 amide bonds. The SMILES string of the molecule is O=[C]C1(CO)CCCOC1. The second-order valence-corrected chi connectivity index (χ2v) is 2.70. The third-order valence-electron chi connectivity index (χ3n) is 1.84. The van der Waals surface area contributed by atoms with Gasteiger partial charge in [-0.25, -0.2) is 0 Å². The molecule has 3 nitrogen and oxygen atoms in total. The molecular weight excluding hydrogens is 132 g/mol. The first-order valence-corrected chi connectivity index (χ1v) is 3.41. The molecule has 10 heavy (non-hydrogen) atoms. The second-order valence-electron chi connectivity index (χ2n) is 2.70. The predicted molar refractivity (Wildman–Crippen MR) is 35.3 cm³/mol. The van der Waals surface area contributed by atoms with Gasteiger partial charge < -0.3 is 9.84 Å². The molecule has 1 radical (unpaired) electrons. The largest absolute Gasteiger partial charge is 0.395 e. The molecule has 0 aromatic heterocycles. The van der Waals surface area contributed by atoms with Gasteiger partial charge in [0.15, 0.2) is 0 Å². The van der Waals surface area contributed by atoms with Crippen LogP contribution in [0, 0.1) is 5.41 Å². The zero-order valence-electron chi connectivity index (χ0n) is 5.80. The molecule has 1 fully saturated rings. The summed E-state index contributed by atoms with van der Waals surface area (Å²) in [6, 6.07) is 0. The second kappa shape index (κ2) is 3.12. The van der Waals surface area contributed by atoms with Gasteiger partial charge in [-0.05, 0) is 12.8 Å². The van der Waals surface area contributed by atoms with Crippen molar-refractivity contribution < 1.29 is 14.6 Å². The summed E-state index contributed by atoms with van der Waals surface area (Å²) in [5, 5.41) is 8.80. The van der Waals surface area contributed by atoms with Crippen LogP contribution in [0.5, 0.6) is 0 Å². The third kappa shape index (κ3) is 1.36. The molecule has 1 unspecified atom stereocenters. The van der Waals surface area contributed by atoms with E-state index in [2.05, 4.69) is 0 Å². The Morgan fingerprint density at radius 3 is 2.80 bits per heavy atom. The number of ether oxygens (including phenoxy) is 1. The highest BCUT2D eigenvalue weighted by Gasteiger charge is 2.32. The van der Waals surface area contributed by atoms with E-state index in [0.29, 0.717) is 19.6 Å². The minimum Gasteiger partial charge on any atom is -0.395 e. The first-order valence-electron chi connectivity index (χ1n) is 3.41. The van der Waals surface area contributed by atoms with Crippen LogP contribution in [0.25, 0.3) is 0 Å². The molecule has 1 atom stereocenters. The van der Waals surface area contributed by atoms with Crippen LogP contribution < -0.4 is 0 Å². The topological polar surface area (TPSA) is 46.5 Å². The summed E-state index contributed by atoms with van der Waals surface area (Å²) >= 11 is 0. The zero-order chi connectivity index (χ0) is 7.45. The van der Waals surface area contributed by atoms with E-state index in [1.165, 1.54) is 0 Å². The van der Waals surface area contributed by atoms with Gasteiger partial charge in [0.25, 0.3) is 0 Å². The molecule has 1 saturated heterocycles. The number of aliphatic hydroxyl groups is 1. The molecule has 1 aliphatic heterocycles. The molecule has 0 spiro atoms. The fourth-order valence-electron chi connectivity index (χ4n) is 1.09. The van der Waals surface area contributed by atoms with Gasteiger partial charge in [0.05, 0.1) is 18.6 Å². The summed E-state index contributed by atoms with van der Waals surface area (Å²) in [6.45, 7) is 0.882. The number of hydrogen-bond donors (Lipinski definition) is 1. The Bertz CT molecular complexity index is 116. The van der Waals surface area contributed by atoms with E-state index in [1.54, 1.807) is 0 Å². The first kappa shape index (κ1) is 7.69. The van der Waals surface area contributed by atoms with Crippen molar-refractivity contribution in [2.45, 2.75) is 12.8 Å². The van der Waals surface area contributed by atoms with Crippen LogP contribution in [-0.4, -0.2) is 31.2 Å². The summed E-state index contributed by atoms with van der Waals surface area (Å²) in [5.74, 6) is 0. The number of hydrogen-bond acceptors (Lipinski definition) is 3. The summed E-state index contributed by atoms with van der Waals surface area (Å²) in [5.41, 5.74) is -0.710. The van der Waals surface area contributed by atoms with E-state index in [1.807, 2.05) is 6.29 Å². The van der Waals surface area contributed by atoms with Gasteiger partial charge in [-0.2, -0.15) is 0 Å². The lowest BCUT2D eigenvalue weighted by Gasteiger charge is -2.28. The molecule has 0 aromatic rings. The quantitative estimate of drug-likeness (QED) is 0.586. The Morgan fingerprint density at radius 1 is 1.70 bits per heavy atom. The normalized spacial score (nSPS) is 33.7. The van der Waals surface area contributed by atoms with Crippen LogP contribution in [0.2, 0.25) is 0 Å². The number of rotatable bonds is 2. The average molecular weight is 143 g/mol. The Labute approximate surface area is 60.0 Å². The minimum atomic E-state index is -0.710. The maximum atomic E-state index is 10.3. The third-order valence-corrected chi connectivity index (χ3v) is 1.84. The lowest BCUT2D eigenvalue weighted by atomic mass is 9.85. The minimum absolute atomic E-state index is 0.142. The van der Waals surface area contributed by atoms with Crippen molar-refractivity contribution in [3.8, 4) is 0 Å². The predicted octanol–water partition coefficient (Wildman–Crippen LogP) is -0.115. The lowest BCUT2D eigenvalue weighted by Crippen LogP contribution is -2.36. The van der Waals surface area contributed by atoms with E-state index in [-0.39, 0.29) is 6.61 Å². The maximum absolute atomic E-state index is 10.3. The first-order chi connectivity index (χ1) is 4.83. The highest BCUT2D eigenvalue weighted by atomic mass is 16.5. The van der Waals surface area contributed by atoms with Gasteiger partial charge >= 0.3 is 0 Å². The fourth-order valence-corrected chi connectivity index (χ4v) is 1.09. The molecule has 0 aliphatic carbocycles. The molecule has 0 bridgehead atoms. The van der Waals surface area contributed by atoms with Crippen molar-refractivity contribution >= 4 is 6.29 Å². The van der Waals surface area contributed by atoms with Gasteiger partial charge in [0.1, 0.15) is 0 Å². The monoisotopic (exact) mass is 143 g/mol. The molecule has 1 aliphatic rings. The zero-order valence-corrected chi connectivity index (χ0v) is 5.80. The highest BCUT2D eigenvalue weighted by molar-refractivity contribution is 5.60. The van der Waals surface area contributed by atoms with E-state index in [4.69, 9.17) is 9.84 Å². The Hall–Kier alpha value is -0.410. The summed E-state index contributed by atoms with van der Waals surface area (Å²) in [6.07, 6.45) is 3.39. The van der Waals surface area contributed by atoms with Crippen LogP contribution in [0.15, 0.2) is 0 Å². The van der Waals surface area contributed by atoms with E-state index < -0.39 is 5.41 Å². The average Bonchev–Trinajstić information content (AvgIpc) is 2.06. The van der Waals surface area contributed by atoms with E-state index >= 15 is 0 Å². The highest BCUT2D eigenvalue weighted by Crippen LogP contribution is 2.24. The van der Waals surface area contributed by atoms with Crippen LogP contribution in [0.4, 0.5) is 0 Å². The smallest absolute Gasteiger partial charge is 0.209 e.